The zero-order valence-corrected chi connectivity index (χ0v) is 19.8. The Morgan fingerprint density at radius 1 is 1.03 bits per heavy atom. The Morgan fingerprint density at radius 3 is 2.31 bits per heavy atom. The molecule has 0 unspecified atom stereocenters. The van der Waals surface area contributed by atoms with E-state index in [1.165, 1.54) is 12.1 Å². The molecule has 0 saturated carbocycles. The van der Waals surface area contributed by atoms with E-state index in [1.807, 2.05) is 49.1 Å². The summed E-state index contributed by atoms with van der Waals surface area (Å²) in [5.74, 6) is -0.309. The van der Waals surface area contributed by atoms with Crippen molar-refractivity contribution in [1.29, 1.82) is 5.26 Å². The van der Waals surface area contributed by atoms with Crippen LogP contribution in [0.3, 0.4) is 0 Å². The molecule has 1 aliphatic rings. The Kier molecular flexibility index (Phi) is 7.28. The van der Waals surface area contributed by atoms with Gasteiger partial charge in [0.2, 0.25) is 11.8 Å². The molecule has 0 bridgehead atoms. The van der Waals surface area contributed by atoms with Gasteiger partial charge in [-0.1, -0.05) is 18.2 Å². The number of carbonyl (C=O) groups excluding carboxylic acids is 2. The third-order valence-electron chi connectivity index (χ3n) is 6.53. The first-order valence-electron chi connectivity index (χ1n) is 11.6. The lowest BCUT2D eigenvalue weighted by Gasteiger charge is -2.30. The average Bonchev–Trinajstić information content (AvgIpc) is 3.09. The number of rotatable bonds is 6. The van der Waals surface area contributed by atoms with Crippen LogP contribution in [0.15, 0.2) is 54.6 Å². The number of hydrogen-bond acceptors (Lipinski definition) is 4. The van der Waals surface area contributed by atoms with E-state index < -0.39 is 0 Å². The number of nitrogens with zero attached hydrogens (tertiary/aromatic N) is 3. The van der Waals surface area contributed by atoms with Crippen LogP contribution in [0.2, 0.25) is 0 Å². The van der Waals surface area contributed by atoms with Crippen molar-refractivity contribution in [3.63, 3.8) is 0 Å². The van der Waals surface area contributed by atoms with E-state index in [9.17, 15) is 19.2 Å². The molecule has 4 rings (SSSR count). The summed E-state index contributed by atoms with van der Waals surface area (Å²) in [6.07, 6.45) is 1.33. The van der Waals surface area contributed by atoms with Crippen LogP contribution in [0.4, 0.5) is 15.9 Å². The van der Waals surface area contributed by atoms with Gasteiger partial charge in [-0.25, -0.2) is 4.39 Å². The Morgan fingerprint density at radius 2 is 1.69 bits per heavy atom. The van der Waals surface area contributed by atoms with E-state index in [2.05, 4.69) is 16.7 Å². The van der Waals surface area contributed by atoms with Crippen LogP contribution < -0.4 is 10.6 Å². The molecule has 1 fully saturated rings. The largest absolute Gasteiger partial charge is 0.326 e. The highest BCUT2D eigenvalue weighted by Gasteiger charge is 2.27. The minimum atomic E-state index is -0.359. The maximum absolute atomic E-state index is 13.4. The van der Waals surface area contributed by atoms with Crippen molar-refractivity contribution < 1.29 is 14.0 Å². The summed E-state index contributed by atoms with van der Waals surface area (Å²) >= 11 is 0. The molecule has 0 spiro atoms. The lowest BCUT2D eigenvalue weighted by molar-refractivity contribution is -0.121. The molecule has 180 valence electrons. The zero-order chi connectivity index (χ0) is 24.9. The van der Waals surface area contributed by atoms with Gasteiger partial charge < -0.3 is 10.6 Å². The number of benzene rings is 2. The van der Waals surface area contributed by atoms with Crippen molar-refractivity contribution in [2.75, 3.05) is 30.3 Å². The molecule has 1 aliphatic heterocycles. The number of piperidine rings is 1. The van der Waals surface area contributed by atoms with E-state index in [1.54, 1.807) is 16.7 Å². The topological polar surface area (TPSA) is 90.2 Å². The van der Waals surface area contributed by atoms with E-state index in [-0.39, 0.29) is 30.1 Å². The smallest absolute Gasteiger partial charge is 0.239 e. The Labute approximate surface area is 204 Å². The molecule has 0 atom stereocenters. The maximum Gasteiger partial charge on any atom is 0.239 e. The summed E-state index contributed by atoms with van der Waals surface area (Å²) in [5.41, 5.74) is 3.39. The molecule has 0 aliphatic carbocycles. The fraction of sp³-hybridized carbons (Fsp3) is 0.296. The highest BCUT2D eigenvalue weighted by atomic mass is 19.1. The predicted octanol–water partition coefficient (Wildman–Crippen LogP) is 4.39. The fourth-order valence-corrected chi connectivity index (χ4v) is 4.47. The predicted molar refractivity (Wildman–Crippen MR) is 133 cm³/mol. The van der Waals surface area contributed by atoms with Crippen LogP contribution in [0.5, 0.6) is 0 Å². The molecule has 35 heavy (non-hydrogen) atoms. The van der Waals surface area contributed by atoms with Crippen LogP contribution in [0, 0.1) is 36.9 Å². The van der Waals surface area contributed by atoms with Gasteiger partial charge in [0.15, 0.2) is 0 Å². The Bertz CT molecular complexity index is 1250. The first-order chi connectivity index (χ1) is 16.9. The Balaban J connectivity index is 1.40. The second-order valence-electron chi connectivity index (χ2n) is 8.81. The number of hydrogen-bond donors (Lipinski definition) is 2. The number of nitriles is 1. The van der Waals surface area contributed by atoms with Crippen molar-refractivity contribution in [3.8, 4) is 11.8 Å². The third-order valence-corrected chi connectivity index (χ3v) is 6.53. The molecular formula is C27H28FN5O2. The summed E-state index contributed by atoms with van der Waals surface area (Å²) < 4.78 is 15.2. The molecule has 2 heterocycles. The second-order valence-corrected chi connectivity index (χ2v) is 8.81. The molecule has 0 radical (unpaired) electrons. The molecular weight excluding hydrogens is 445 g/mol. The molecule has 8 heteroatoms. The summed E-state index contributed by atoms with van der Waals surface area (Å²) in [4.78, 5) is 27.5. The normalized spacial score (nSPS) is 14.3. The van der Waals surface area contributed by atoms with E-state index in [0.717, 1.165) is 16.9 Å². The zero-order valence-electron chi connectivity index (χ0n) is 19.8. The van der Waals surface area contributed by atoms with Crippen molar-refractivity contribution in [2.24, 2.45) is 5.92 Å². The number of halogens is 1. The minimum Gasteiger partial charge on any atom is -0.326 e. The number of aromatic nitrogens is 1. The summed E-state index contributed by atoms with van der Waals surface area (Å²) in [6, 6.07) is 17.5. The number of carbonyl (C=O) groups is 2. The van der Waals surface area contributed by atoms with Crippen LogP contribution in [-0.4, -0.2) is 40.9 Å². The second kappa shape index (κ2) is 10.5. The van der Waals surface area contributed by atoms with Crippen LogP contribution in [-0.2, 0) is 9.59 Å². The lowest BCUT2D eigenvalue weighted by atomic mass is 9.96. The fourth-order valence-electron chi connectivity index (χ4n) is 4.47. The first kappa shape index (κ1) is 24.2. The van der Waals surface area contributed by atoms with Crippen molar-refractivity contribution in [3.05, 3.63) is 77.2 Å². The molecule has 2 aromatic carbocycles. The van der Waals surface area contributed by atoms with Crippen LogP contribution in [0.1, 0.15) is 29.7 Å². The summed E-state index contributed by atoms with van der Waals surface area (Å²) in [6.45, 7) is 5.10. The summed E-state index contributed by atoms with van der Waals surface area (Å²) in [5, 5.41) is 15.6. The van der Waals surface area contributed by atoms with Gasteiger partial charge in [-0.3, -0.25) is 19.1 Å². The third kappa shape index (κ3) is 5.42. The van der Waals surface area contributed by atoms with E-state index >= 15 is 0 Å². The van der Waals surface area contributed by atoms with Crippen LogP contribution >= 0.6 is 0 Å². The molecule has 3 aromatic rings. The van der Waals surface area contributed by atoms with Gasteiger partial charge >= 0.3 is 0 Å². The van der Waals surface area contributed by atoms with Crippen molar-refractivity contribution in [1.82, 2.24) is 9.47 Å². The van der Waals surface area contributed by atoms with Gasteiger partial charge in [-0.05, 0) is 81.7 Å². The van der Waals surface area contributed by atoms with E-state index in [0.29, 0.717) is 43.0 Å². The van der Waals surface area contributed by atoms with Crippen molar-refractivity contribution >= 4 is 23.3 Å². The molecule has 2 N–H and O–H groups in total. The first-order valence-corrected chi connectivity index (χ1v) is 11.6. The number of para-hydroxylation sites is 1. The standard InChI is InChI=1S/C27H28FN5O2/c1-18-19(2)33(23-10-8-21(28)9-11-23)26(24(18)16-29)31-25(34)17-32-14-12-20(13-15-32)27(35)30-22-6-4-3-5-7-22/h3-11,20H,12-15,17H2,1-2H3,(H,30,35)(H,31,34). The number of amides is 2. The van der Waals surface area contributed by atoms with Crippen molar-refractivity contribution in [2.45, 2.75) is 26.7 Å². The Hall–Kier alpha value is -3.96. The van der Waals surface area contributed by atoms with Gasteiger partial charge in [0.05, 0.1) is 12.1 Å². The minimum absolute atomic E-state index is 0.00189. The quantitative estimate of drug-likeness (QED) is 0.556. The molecule has 7 nitrogen and oxygen atoms in total. The molecule has 1 aromatic heterocycles. The SMILES string of the molecule is Cc1c(C#N)c(NC(=O)CN2CCC(C(=O)Nc3ccccc3)CC2)n(-c2ccc(F)cc2)c1C. The van der Waals surface area contributed by atoms with Gasteiger partial charge in [0.1, 0.15) is 17.7 Å². The van der Waals surface area contributed by atoms with E-state index in [4.69, 9.17) is 0 Å². The highest BCUT2D eigenvalue weighted by molar-refractivity contribution is 5.94. The number of likely N-dealkylation sites (tertiary alicyclic amines) is 1. The lowest BCUT2D eigenvalue weighted by Crippen LogP contribution is -2.42. The highest BCUT2D eigenvalue weighted by Crippen LogP contribution is 2.30. The summed E-state index contributed by atoms with van der Waals surface area (Å²) in [7, 11) is 0. The van der Waals surface area contributed by atoms with Gasteiger partial charge in [0.25, 0.3) is 0 Å². The molecule has 2 amide bonds. The molecule has 1 saturated heterocycles. The number of anilines is 2. The maximum atomic E-state index is 13.4. The number of nitrogens with one attached hydrogen (secondary N) is 2. The average molecular weight is 474 g/mol. The van der Waals surface area contributed by atoms with Gasteiger partial charge in [-0.2, -0.15) is 5.26 Å². The van der Waals surface area contributed by atoms with Gasteiger partial charge in [0, 0.05) is 23.0 Å². The monoisotopic (exact) mass is 473 g/mol. The van der Waals surface area contributed by atoms with Gasteiger partial charge in [-0.15, -0.1) is 0 Å². The van der Waals surface area contributed by atoms with Crippen LogP contribution in [0.25, 0.3) is 5.69 Å².